The molecular formula is C26H28F3N7O. The summed E-state index contributed by atoms with van der Waals surface area (Å²) in [5.41, 5.74) is 1.45. The number of methoxy groups -OCH3 is 1. The lowest BCUT2D eigenvalue weighted by Gasteiger charge is -2.65. The molecule has 2 aliphatic heterocycles. The van der Waals surface area contributed by atoms with Gasteiger partial charge in [0.1, 0.15) is 5.82 Å². The normalized spacial score (nSPS) is 29.9. The van der Waals surface area contributed by atoms with Crippen LogP contribution in [0.4, 0.5) is 24.8 Å². The molecule has 8 nitrogen and oxygen atoms in total. The van der Waals surface area contributed by atoms with Gasteiger partial charge in [0.2, 0.25) is 11.8 Å². The minimum absolute atomic E-state index is 0.135. The number of nitrogens with zero attached hydrogens (tertiary/aromatic N) is 6. The Morgan fingerprint density at radius 2 is 2.00 bits per heavy atom. The van der Waals surface area contributed by atoms with Crippen molar-refractivity contribution in [3.8, 4) is 5.88 Å². The van der Waals surface area contributed by atoms with E-state index >= 15 is 0 Å². The quantitative estimate of drug-likeness (QED) is 0.516. The van der Waals surface area contributed by atoms with Gasteiger partial charge in [-0.1, -0.05) is 12.5 Å². The second-order valence-electron chi connectivity index (χ2n) is 10.8. The van der Waals surface area contributed by atoms with Crippen LogP contribution in [0.2, 0.25) is 0 Å². The van der Waals surface area contributed by atoms with Gasteiger partial charge in [-0.3, -0.25) is 0 Å². The number of benzene rings is 1. The van der Waals surface area contributed by atoms with Gasteiger partial charge in [-0.05, 0) is 43.1 Å². The lowest BCUT2D eigenvalue weighted by molar-refractivity contribution is -0.117. The summed E-state index contributed by atoms with van der Waals surface area (Å²) in [4.78, 5) is 7.16. The van der Waals surface area contributed by atoms with E-state index in [1.807, 2.05) is 10.7 Å². The number of ether oxygens (including phenoxy) is 1. The maximum absolute atomic E-state index is 14.7. The van der Waals surface area contributed by atoms with Crippen molar-refractivity contribution in [3.63, 3.8) is 0 Å². The lowest BCUT2D eigenvalue weighted by Crippen LogP contribution is -2.68. The van der Waals surface area contributed by atoms with Gasteiger partial charge >= 0.3 is 0 Å². The summed E-state index contributed by atoms with van der Waals surface area (Å²) in [6.45, 7) is 2.55. The molecular weight excluding hydrogens is 483 g/mol. The zero-order chi connectivity index (χ0) is 25.3. The summed E-state index contributed by atoms with van der Waals surface area (Å²) in [6, 6.07) is 4.50. The van der Waals surface area contributed by atoms with Crippen LogP contribution in [-0.4, -0.2) is 51.2 Å². The van der Waals surface area contributed by atoms with Crippen molar-refractivity contribution in [2.45, 2.75) is 50.6 Å². The molecule has 4 aliphatic rings. The van der Waals surface area contributed by atoms with Crippen LogP contribution in [0.1, 0.15) is 49.4 Å². The number of anilines is 2. The number of aryl methyl sites for hydroxylation is 1. The smallest absolute Gasteiger partial charge is 0.242 e. The van der Waals surface area contributed by atoms with E-state index in [4.69, 9.17) is 14.8 Å². The van der Waals surface area contributed by atoms with Crippen LogP contribution >= 0.6 is 0 Å². The van der Waals surface area contributed by atoms with Crippen LogP contribution < -0.4 is 15.0 Å². The molecule has 11 heteroatoms. The van der Waals surface area contributed by atoms with E-state index < -0.39 is 23.4 Å². The maximum atomic E-state index is 14.7. The minimum atomic E-state index is -1.44. The van der Waals surface area contributed by atoms with Crippen molar-refractivity contribution < 1.29 is 17.9 Å². The molecule has 3 unspecified atom stereocenters. The second kappa shape index (κ2) is 8.32. The molecule has 5 atom stereocenters. The highest BCUT2D eigenvalue weighted by molar-refractivity contribution is 5.51. The first kappa shape index (κ1) is 22.8. The van der Waals surface area contributed by atoms with E-state index in [1.54, 1.807) is 13.3 Å². The van der Waals surface area contributed by atoms with Gasteiger partial charge in [0.25, 0.3) is 0 Å². The molecule has 0 bridgehead atoms. The molecule has 1 spiro atoms. The summed E-state index contributed by atoms with van der Waals surface area (Å²) in [6.07, 6.45) is 6.46. The third-order valence-corrected chi connectivity index (χ3v) is 9.22. The fourth-order valence-electron chi connectivity index (χ4n) is 7.30. The third-order valence-electron chi connectivity index (χ3n) is 9.22. The number of aromatic nitrogens is 5. The molecule has 0 amide bonds. The average molecular weight is 512 g/mol. The van der Waals surface area contributed by atoms with Gasteiger partial charge in [-0.15, -0.1) is 10.2 Å². The number of fused-ring (bicyclic) bond motifs is 1. The largest absolute Gasteiger partial charge is 0.480 e. The van der Waals surface area contributed by atoms with E-state index in [0.29, 0.717) is 47.9 Å². The first-order valence-electron chi connectivity index (χ1n) is 12.9. The standard InChI is InChI=1S/C26H28F3N7O/c1-37-20-10-14(11-30-33-20)35-12-18-23(17-7-8-26(17,18)13-35)31-25-32-24-16(4-2-3-9-36(24)34-25)15-5-6-19(27)22(29)21(15)28/h5-6,10-11,16-18,23H,2-4,7-9,12-13H2,1H3,(H,31,34)/t16?,17?,18-,23+,26?/m0/s1. The van der Waals surface area contributed by atoms with Crippen LogP contribution in [0, 0.1) is 34.7 Å². The molecule has 1 saturated heterocycles. The number of halogens is 3. The van der Waals surface area contributed by atoms with Gasteiger partial charge < -0.3 is 15.0 Å². The number of hydrogen-bond acceptors (Lipinski definition) is 7. The topological polar surface area (TPSA) is 81.0 Å². The third kappa shape index (κ3) is 3.35. The van der Waals surface area contributed by atoms with Crippen molar-refractivity contribution in [2.75, 3.05) is 30.4 Å². The molecule has 37 heavy (non-hydrogen) atoms. The van der Waals surface area contributed by atoms with Gasteiger partial charge in [-0.25, -0.2) is 17.9 Å². The number of nitrogens with one attached hydrogen (secondary N) is 1. The molecule has 194 valence electrons. The van der Waals surface area contributed by atoms with Gasteiger partial charge in [0, 0.05) is 49.1 Å². The Balaban J connectivity index is 1.14. The molecule has 3 aromatic rings. The SMILES string of the molecule is COc1cc(N2C[C@H]3[C@H](Nc4nc5n(n4)CCCCC5c4ccc(F)c(F)c4F)C4CCC43C2)cnn1. The van der Waals surface area contributed by atoms with Crippen molar-refractivity contribution in [1.29, 1.82) is 0 Å². The summed E-state index contributed by atoms with van der Waals surface area (Å²) in [7, 11) is 1.59. The molecule has 2 aliphatic carbocycles. The highest BCUT2D eigenvalue weighted by Crippen LogP contribution is 2.68. The summed E-state index contributed by atoms with van der Waals surface area (Å²) >= 11 is 0. The summed E-state index contributed by atoms with van der Waals surface area (Å²) in [5, 5.41) is 16.4. The Morgan fingerprint density at radius 1 is 1.11 bits per heavy atom. The monoisotopic (exact) mass is 511 g/mol. The maximum Gasteiger partial charge on any atom is 0.242 e. The molecule has 7 rings (SSSR count). The van der Waals surface area contributed by atoms with E-state index in [9.17, 15) is 13.2 Å². The fourth-order valence-corrected chi connectivity index (χ4v) is 7.30. The van der Waals surface area contributed by atoms with Crippen molar-refractivity contribution in [1.82, 2.24) is 25.0 Å². The van der Waals surface area contributed by atoms with E-state index in [1.165, 1.54) is 12.5 Å². The first-order chi connectivity index (χ1) is 18.0. The van der Waals surface area contributed by atoms with Crippen LogP contribution in [0.25, 0.3) is 0 Å². The Morgan fingerprint density at radius 3 is 2.81 bits per heavy atom. The fraction of sp³-hybridized carbons (Fsp3) is 0.538. The zero-order valence-electron chi connectivity index (χ0n) is 20.5. The minimum Gasteiger partial charge on any atom is -0.480 e. The van der Waals surface area contributed by atoms with Crippen LogP contribution in [-0.2, 0) is 6.54 Å². The molecule has 3 fully saturated rings. The second-order valence-corrected chi connectivity index (χ2v) is 10.8. The summed E-state index contributed by atoms with van der Waals surface area (Å²) < 4.78 is 49.4. The average Bonchev–Trinajstić information content (AvgIpc) is 3.43. The zero-order valence-corrected chi connectivity index (χ0v) is 20.5. The van der Waals surface area contributed by atoms with Gasteiger partial charge in [-0.2, -0.15) is 10.1 Å². The lowest BCUT2D eigenvalue weighted by atomic mass is 9.41. The Hall–Kier alpha value is -3.37. The van der Waals surface area contributed by atoms with E-state index in [-0.39, 0.29) is 11.6 Å². The molecule has 1 N–H and O–H groups in total. The molecule has 4 heterocycles. The summed E-state index contributed by atoms with van der Waals surface area (Å²) in [5.74, 6) is -1.59. The van der Waals surface area contributed by atoms with Crippen molar-refractivity contribution in [3.05, 3.63) is 53.2 Å². The van der Waals surface area contributed by atoms with Gasteiger partial charge in [0.15, 0.2) is 17.5 Å². The Kier molecular flexibility index (Phi) is 5.13. The molecule has 2 saturated carbocycles. The molecule has 0 radical (unpaired) electrons. The van der Waals surface area contributed by atoms with Crippen LogP contribution in [0.15, 0.2) is 24.4 Å². The highest BCUT2D eigenvalue weighted by Gasteiger charge is 2.70. The Bertz CT molecular complexity index is 1370. The van der Waals surface area contributed by atoms with Crippen LogP contribution in [0.5, 0.6) is 5.88 Å². The Labute approximate surface area is 212 Å². The molecule has 1 aromatic carbocycles. The predicted octanol–water partition coefficient (Wildman–Crippen LogP) is 4.14. The van der Waals surface area contributed by atoms with Crippen molar-refractivity contribution >= 4 is 11.6 Å². The number of hydrogen-bond donors (Lipinski definition) is 1. The number of rotatable bonds is 5. The van der Waals surface area contributed by atoms with E-state index in [2.05, 4.69) is 20.4 Å². The first-order valence-corrected chi connectivity index (χ1v) is 12.9. The van der Waals surface area contributed by atoms with Crippen LogP contribution in [0.3, 0.4) is 0 Å². The highest BCUT2D eigenvalue weighted by atomic mass is 19.2. The van der Waals surface area contributed by atoms with Gasteiger partial charge in [0.05, 0.1) is 19.0 Å². The predicted molar refractivity (Wildman–Crippen MR) is 129 cm³/mol. The molecule has 2 aromatic heterocycles. The van der Waals surface area contributed by atoms with E-state index in [0.717, 1.165) is 44.1 Å². The van der Waals surface area contributed by atoms with Crippen molar-refractivity contribution in [2.24, 2.45) is 17.3 Å².